The average molecular weight is 351 g/mol. The van der Waals surface area contributed by atoms with E-state index < -0.39 is 0 Å². The topological polar surface area (TPSA) is 85.5 Å². The molecule has 2 aromatic heterocycles. The Bertz CT molecular complexity index is 886. The first kappa shape index (κ1) is 16.6. The van der Waals surface area contributed by atoms with E-state index in [0.29, 0.717) is 36.2 Å². The van der Waals surface area contributed by atoms with Crippen molar-refractivity contribution in [2.24, 2.45) is 5.73 Å². The predicted octanol–water partition coefficient (Wildman–Crippen LogP) is 2.74. The summed E-state index contributed by atoms with van der Waals surface area (Å²) in [7, 11) is 0. The number of likely N-dealkylation sites (tertiary alicyclic amines) is 1. The summed E-state index contributed by atoms with van der Waals surface area (Å²) in [5.41, 5.74) is 8.10. The van der Waals surface area contributed by atoms with E-state index in [4.69, 9.17) is 14.6 Å². The first-order valence-corrected chi connectivity index (χ1v) is 8.70. The summed E-state index contributed by atoms with van der Waals surface area (Å²) in [5.74, 6) is 1.76. The second kappa shape index (κ2) is 6.80. The molecule has 2 N–H and O–H groups in total. The van der Waals surface area contributed by atoms with Crippen LogP contribution in [0.1, 0.15) is 22.9 Å². The molecule has 0 aliphatic carbocycles. The molecular formula is C20H21N3O3. The highest BCUT2D eigenvalue weighted by molar-refractivity contribution is 5.79. The first-order chi connectivity index (χ1) is 12.6. The molecule has 1 fully saturated rings. The Labute approximate surface area is 151 Å². The Hall–Kier alpha value is -2.86. The van der Waals surface area contributed by atoms with Crippen LogP contribution in [-0.2, 0) is 11.2 Å². The van der Waals surface area contributed by atoms with Gasteiger partial charge in [-0.1, -0.05) is 30.3 Å². The number of nitrogens with two attached hydrogens (primary N) is 1. The molecule has 26 heavy (non-hydrogen) atoms. The standard InChI is InChI=1S/C20H21N3O3/c1-13-17(22-20(26-13)18-8-5-9-25-18)10-19(24)23-11-15(16(21)12-23)14-6-3-2-4-7-14/h2-9,15-16H,10-12,21H2,1H3/t15-,16+/m0/s1. The van der Waals surface area contributed by atoms with Crippen LogP contribution in [0.15, 0.2) is 57.6 Å². The van der Waals surface area contributed by atoms with E-state index in [2.05, 4.69) is 17.1 Å². The number of hydrogen-bond acceptors (Lipinski definition) is 5. The van der Waals surface area contributed by atoms with Crippen LogP contribution in [-0.4, -0.2) is 34.9 Å². The van der Waals surface area contributed by atoms with Crippen LogP contribution >= 0.6 is 0 Å². The molecule has 6 heteroatoms. The van der Waals surface area contributed by atoms with Gasteiger partial charge in [-0.2, -0.15) is 0 Å². The summed E-state index contributed by atoms with van der Waals surface area (Å²) in [6.07, 6.45) is 1.76. The Kier molecular flexibility index (Phi) is 4.34. The van der Waals surface area contributed by atoms with Crippen LogP contribution < -0.4 is 5.73 Å². The van der Waals surface area contributed by atoms with E-state index in [-0.39, 0.29) is 24.3 Å². The van der Waals surface area contributed by atoms with Crippen LogP contribution in [0.5, 0.6) is 0 Å². The van der Waals surface area contributed by atoms with Gasteiger partial charge in [-0.25, -0.2) is 4.98 Å². The molecule has 1 aromatic carbocycles. The lowest BCUT2D eigenvalue weighted by Gasteiger charge is -2.16. The number of rotatable bonds is 4. The summed E-state index contributed by atoms with van der Waals surface area (Å²) >= 11 is 0. The van der Waals surface area contributed by atoms with Crippen molar-refractivity contribution in [3.63, 3.8) is 0 Å². The largest absolute Gasteiger partial charge is 0.459 e. The van der Waals surface area contributed by atoms with Crippen LogP contribution in [0.3, 0.4) is 0 Å². The van der Waals surface area contributed by atoms with Gasteiger partial charge in [0.15, 0.2) is 5.76 Å². The molecule has 1 aliphatic heterocycles. The third-order valence-electron chi connectivity index (χ3n) is 4.89. The van der Waals surface area contributed by atoms with Crippen LogP contribution in [0, 0.1) is 6.92 Å². The number of oxazole rings is 1. The second-order valence-corrected chi connectivity index (χ2v) is 6.66. The number of furan rings is 1. The van der Waals surface area contributed by atoms with Gasteiger partial charge >= 0.3 is 0 Å². The summed E-state index contributed by atoms with van der Waals surface area (Å²) in [6.45, 7) is 3.00. The van der Waals surface area contributed by atoms with Crippen molar-refractivity contribution in [3.8, 4) is 11.7 Å². The fourth-order valence-electron chi connectivity index (χ4n) is 3.44. The van der Waals surface area contributed by atoms with Crippen molar-refractivity contribution in [1.82, 2.24) is 9.88 Å². The molecule has 4 rings (SSSR count). The molecule has 0 radical (unpaired) electrons. The quantitative estimate of drug-likeness (QED) is 0.781. The molecule has 1 aliphatic rings. The van der Waals surface area contributed by atoms with Crippen molar-refractivity contribution in [2.75, 3.05) is 13.1 Å². The number of amides is 1. The number of aryl methyl sites for hydroxylation is 1. The minimum atomic E-state index is -0.0570. The maximum atomic E-state index is 12.8. The lowest BCUT2D eigenvalue weighted by Crippen LogP contribution is -2.33. The maximum Gasteiger partial charge on any atom is 0.263 e. The van der Waals surface area contributed by atoms with Crippen LogP contribution in [0.2, 0.25) is 0 Å². The molecule has 1 saturated heterocycles. The summed E-state index contributed by atoms with van der Waals surface area (Å²) in [6, 6.07) is 13.6. The Morgan fingerprint density at radius 3 is 2.77 bits per heavy atom. The molecular weight excluding hydrogens is 330 g/mol. The van der Waals surface area contributed by atoms with Gasteiger partial charge in [-0.15, -0.1) is 0 Å². The summed E-state index contributed by atoms with van der Waals surface area (Å²) < 4.78 is 10.9. The number of carbonyl (C=O) groups excluding carboxylic acids is 1. The number of nitrogens with zero attached hydrogens (tertiary/aromatic N) is 2. The number of benzene rings is 1. The summed E-state index contributed by atoms with van der Waals surface area (Å²) in [5, 5.41) is 0. The summed E-state index contributed by atoms with van der Waals surface area (Å²) in [4.78, 5) is 19.0. The monoisotopic (exact) mass is 351 g/mol. The highest BCUT2D eigenvalue weighted by atomic mass is 16.4. The van der Waals surface area contributed by atoms with Gasteiger partial charge in [0.2, 0.25) is 5.91 Å². The van der Waals surface area contributed by atoms with Crippen molar-refractivity contribution in [1.29, 1.82) is 0 Å². The van der Waals surface area contributed by atoms with E-state index in [1.165, 1.54) is 5.56 Å². The molecule has 1 amide bonds. The van der Waals surface area contributed by atoms with E-state index >= 15 is 0 Å². The number of aromatic nitrogens is 1. The van der Waals surface area contributed by atoms with E-state index in [1.807, 2.05) is 30.0 Å². The normalized spacial score (nSPS) is 19.8. The van der Waals surface area contributed by atoms with Gasteiger partial charge in [-0.3, -0.25) is 4.79 Å². The van der Waals surface area contributed by atoms with Gasteiger partial charge in [0.05, 0.1) is 18.4 Å². The van der Waals surface area contributed by atoms with Crippen molar-refractivity contribution < 1.29 is 13.6 Å². The van der Waals surface area contributed by atoms with Gasteiger partial charge in [0, 0.05) is 25.0 Å². The van der Waals surface area contributed by atoms with E-state index in [0.717, 1.165) is 0 Å². The van der Waals surface area contributed by atoms with Gasteiger partial charge in [-0.05, 0) is 24.6 Å². The van der Waals surface area contributed by atoms with Gasteiger partial charge in [0.25, 0.3) is 5.89 Å². The van der Waals surface area contributed by atoms with E-state index in [1.54, 1.807) is 18.4 Å². The molecule has 3 heterocycles. The molecule has 3 aromatic rings. The van der Waals surface area contributed by atoms with Crippen molar-refractivity contribution >= 4 is 5.91 Å². The fourth-order valence-corrected chi connectivity index (χ4v) is 3.44. The minimum absolute atomic E-state index is 0.0151. The first-order valence-electron chi connectivity index (χ1n) is 8.70. The molecule has 0 saturated carbocycles. The number of hydrogen-bond donors (Lipinski definition) is 1. The second-order valence-electron chi connectivity index (χ2n) is 6.66. The lowest BCUT2D eigenvalue weighted by atomic mass is 9.95. The molecule has 0 spiro atoms. The lowest BCUT2D eigenvalue weighted by molar-refractivity contribution is -0.129. The fraction of sp³-hybridized carbons (Fsp3) is 0.300. The minimum Gasteiger partial charge on any atom is -0.459 e. The Morgan fingerprint density at radius 1 is 1.23 bits per heavy atom. The Balaban J connectivity index is 1.46. The maximum absolute atomic E-state index is 12.8. The smallest absolute Gasteiger partial charge is 0.263 e. The molecule has 134 valence electrons. The van der Waals surface area contributed by atoms with E-state index in [9.17, 15) is 4.79 Å². The van der Waals surface area contributed by atoms with Crippen LogP contribution in [0.4, 0.5) is 0 Å². The average Bonchev–Trinajstić information content (AvgIpc) is 3.36. The van der Waals surface area contributed by atoms with Crippen molar-refractivity contribution in [3.05, 3.63) is 65.7 Å². The van der Waals surface area contributed by atoms with Gasteiger partial charge < -0.3 is 19.5 Å². The Morgan fingerprint density at radius 2 is 2.04 bits per heavy atom. The molecule has 0 unspecified atom stereocenters. The zero-order chi connectivity index (χ0) is 18.1. The highest BCUT2D eigenvalue weighted by Crippen LogP contribution is 2.27. The van der Waals surface area contributed by atoms with Gasteiger partial charge in [0.1, 0.15) is 5.76 Å². The molecule has 0 bridgehead atoms. The van der Waals surface area contributed by atoms with Crippen molar-refractivity contribution in [2.45, 2.75) is 25.3 Å². The zero-order valence-electron chi connectivity index (χ0n) is 14.6. The third kappa shape index (κ3) is 3.15. The molecule has 6 nitrogen and oxygen atoms in total. The SMILES string of the molecule is Cc1oc(-c2ccco2)nc1CC(=O)N1C[C@@H](N)[C@H](c2ccccc2)C1. The molecule has 2 atom stereocenters. The highest BCUT2D eigenvalue weighted by Gasteiger charge is 2.34. The van der Waals surface area contributed by atoms with Crippen LogP contribution in [0.25, 0.3) is 11.7 Å². The third-order valence-corrected chi connectivity index (χ3v) is 4.89. The predicted molar refractivity (Wildman–Crippen MR) is 96.4 cm³/mol. The zero-order valence-corrected chi connectivity index (χ0v) is 14.6. The number of carbonyl (C=O) groups is 1.